The van der Waals surface area contributed by atoms with E-state index in [2.05, 4.69) is 9.97 Å². The molecule has 0 N–H and O–H groups in total. The van der Waals surface area contributed by atoms with Gasteiger partial charge in [0.2, 0.25) is 5.91 Å². The van der Waals surface area contributed by atoms with Crippen molar-refractivity contribution in [2.75, 3.05) is 46.8 Å². The molecule has 2 saturated heterocycles. The number of aromatic nitrogens is 2. The second-order valence-electron chi connectivity index (χ2n) is 8.00. The van der Waals surface area contributed by atoms with Crippen LogP contribution in [0.25, 0.3) is 0 Å². The molecule has 3 rings (SSSR count). The van der Waals surface area contributed by atoms with E-state index in [9.17, 15) is 9.59 Å². The Morgan fingerprint density at radius 1 is 1.11 bits per heavy atom. The number of carbonyl (C=O) groups excluding carboxylic acids is 2. The summed E-state index contributed by atoms with van der Waals surface area (Å²) in [5, 5.41) is 0. The highest BCUT2D eigenvalue weighted by Crippen LogP contribution is 2.25. The van der Waals surface area contributed by atoms with Gasteiger partial charge in [-0.25, -0.2) is 9.97 Å². The van der Waals surface area contributed by atoms with Crippen molar-refractivity contribution in [3.63, 3.8) is 0 Å². The molecule has 2 fully saturated rings. The lowest BCUT2D eigenvalue weighted by Crippen LogP contribution is -2.43. The molecule has 148 valence electrons. The smallest absolute Gasteiger partial charge is 0.257 e. The summed E-state index contributed by atoms with van der Waals surface area (Å²) in [4.78, 5) is 40.0. The number of carbonyl (C=O) groups is 2. The van der Waals surface area contributed by atoms with Gasteiger partial charge in [-0.3, -0.25) is 9.59 Å². The van der Waals surface area contributed by atoms with E-state index in [1.807, 2.05) is 35.7 Å². The number of likely N-dealkylation sites (N-methyl/N-ethyl adjacent to an activating group) is 1. The third-order valence-electron chi connectivity index (χ3n) is 5.46. The van der Waals surface area contributed by atoms with Gasteiger partial charge in [0.1, 0.15) is 5.82 Å². The molecule has 0 aromatic carbocycles. The fraction of sp³-hybridized carbons (Fsp3) is 0.700. The van der Waals surface area contributed by atoms with Crippen LogP contribution < -0.4 is 0 Å². The normalized spacial score (nSPS) is 20.8. The van der Waals surface area contributed by atoms with E-state index in [0.29, 0.717) is 18.7 Å². The van der Waals surface area contributed by atoms with Crippen molar-refractivity contribution >= 4 is 11.8 Å². The largest absolute Gasteiger partial charge is 0.341 e. The highest BCUT2D eigenvalue weighted by molar-refractivity contribution is 5.95. The van der Waals surface area contributed by atoms with Crippen molar-refractivity contribution < 1.29 is 9.59 Å². The lowest BCUT2D eigenvalue weighted by Gasteiger charge is -2.33. The number of amides is 2. The molecule has 0 spiro atoms. The maximum atomic E-state index is 12.7. The minimum atomic E-state index is 0.0465. The van der Waals surface area contributed by atoms with Gasteiger partial charge in [-0.2, -0.15) is 0 Å². The molecule has 1 aromatic rings. The van der Waals surface area contributed by atoms with Crippen molar-refractivity contribution in [2.24, 2.45) is 0 Å². The fourth-order valence-corrected chi connectivity index (χ4v) is 3.94. The minimum Gasteiger partial charge on any atom is -0.341 e. The molecule has 1 atom stereocenters. The molecular formula is C20H31N5O2. The number of piperidine rings is 2. The summed E-state index contributed by atoms with van der Waals surface area (Å²) in [6, 6.07) is 0. The maximum absolute atomic E-state index is 12.7. The quantitative estimate of drug-likeness (QED) is 0.803. The molecule has 0 unspecified atom stereocenters. The van der Waals surface area contributed by atoms with Gasteiger partial charge in [0.25, 0.3) is 5.91 Å². The Kier molecular flexibility index (Phi) is 6.42. The molecule has 2 aliphatic heterocycles. The fourth-order valence-electron chi connectivity index (χ4n) is 3.94. The summed E-state index contributed by atoms with van der Waals surface area (Å²) in [5.74, 6) is 1.09. The summed E-state index contributed by atoms with van der Waals surface area (Å²) >= 11 is 0. The van der Waals surface area contributed by atoms with Gasteiger partial charge >= 0.3 is 0 Å². The van der Waals surface area contributed by atoms with E-state index in [0.717, 1.165) is 56.8 Å². The second kappa shape index (κ2) is 8.78. The first-order chi connectivity index (χ1) is 13.0. The predicted molar refractivity (Wildman–Crippen MR) is 104 cm³/mol. The first-order valence-corrected chi connectivity index (χ1v) is 10.0. The van der Waals surface area contributed by atoms with Crippen molar-refractivity contribution in [3.8, 4) is 0 Å². The Balaban J connectivity index is 1.69. The summed E-state index contributed by atoms with van der Waals surface area (Å²) in [5.41, 5.74) is 1.35. The Labute approximate surface area is 161 Å². The van der Waals surface area contributed by atoms with Gasteiger partial charge in [-0.05, 0) is 53.1 Å². The molecule has 1 aromatic heterocycles. The molecule has 7 heteroatoms. The Morgan fingerprint density at radius 3 is 2.48 bits per heavy atom. The number of hydrogen-bond donors (Lipinski definition) is 0. The number of aryl methyl sites for hydroxylation is 1. The molecule has 0 bridgehead atoms. The molecule has 2 amide bonds. The summed E-state index contributed by atoms with van der Waals surface area (Å²) in [6.07, 6.45) is 6.97. The number of rotatable bonds is 4. The van der Waals surface area contributed by atoms with Crippen LogP contribution in [0, 0.1) is 6.92 Å². The molecule has 2 aliphatic rings. The SMILES string of the molecule is Cc1nc([C@@H]2CCCN(C(=O)CN(C)C)C2)ncc1C(=O)N1CCCCC1. The van der Waals surface area contributed by atoms with Crippen LogP contribution in [0.4, 0.5) is 0 Å². The van der Waals surface area contributed by atoms with Gasteiger partial charge < -0.3 is 14.7 Å². The van der Waals surface area contributed by atoms with Gasteiger partial charge in [-0.1, -0.05) is 0 Å². The van der Waals surface area contributed by atoms with Gasteiger partial charge in [0.15, 0.2) is 0 Å². The van der Waals surface area contributed by atoms with Crippen LogP contribution in [-0.2, 0) is 4.79 Å². The Hall–Kier alpha value is -2.02. The molecule has 0 aliphatic carbocycles. The zero-order chi connectivity index (χ0) is 19.4. The number of hydrogen-bond acceptors (Lipinski definition) is 5. The Bertz CT molecular complexity index is 685. The van der Waals surface area contributed by atoms with Crippen LogP contribution in [0.15, 0.2) is 6.20 Å². The highest BCUT2D eigenvalue weighted by atomic mass is 16.2. The van der Waals surface area contributed by atoms with E-state index in [-0.39, 0.29) is 17.7 Å². The van der Waals surface area contributed by atoms with Gasteiger partial charge in [0.05, 0.1) is 17.8 Å². The van der Waals surface area contributed by atoms with Gasteiger partial charge in [0, 0.05) is 38.3 Å². The van der Waals surface area contributed by atoms with Crippen LogP contribution in [-0.4, -0.2) is 83.3 Å². The number of nitrogens with zero attached hydrogens (tertiary/aromatic N) is 5. The van der Waals surface area contributed by atoms with Crippen molar-refractivity contribution in [1.29, 1.82) is 0 Å². The third-order valence-corrected chi connectivity index (χ3v) is 5.46. The summed E-state index contributed by atoms with van der Waals surface area (Å²) in [7, 11) is 3.81. The molecule has 7 nitrogen and oxygen atoms in total. The van der Waals surface area contributed by atoms with Crippen LogP contribution in [0.5, 0.6) is 0 Å². The van der Waals surface area contributed by atoms with Crippen LogP contribution in [0.3, 0.4) is 0 Å². The van der Waals surface area contributed by atoms with E-state index < -0.39 is 0 Å². The van der Waals surface area contributed by atoms with Gasteiger partial charge in [-0.15, -0.1) is 0 Å². The van der Waals surface area contributed by atoms with Crippen LogP contribution >= 0.6 is 0 Å². The first kappa shape index (κ1) is 19.7. The third kappa shape index (κ3) is 4.83. The van der Waals surface area contributed by atoms with Crippen LogP contribution in [0.1, 0.15) is 59.9 Å². The number of likely N-dealkylation sites (tertiary alicyclic amines) is 2. The topological polar surface area (TPSA) is 69.6 Å². The molecular weight excluding hydrogens is 342 g/mol. The Morgan fingerprint density at radius 2 is 1.81 bits per heavy atom. The van der Waals surface area contributed by atoms with Crippen molar-refractivity contribution in [3.05, 3.63) is 23.3 Å². The second-order valence-corrected chi connectivity index (χ2v) is 8.00. The summed E-state index contributed by atoms with van der Waals surface area (Å²) in [6.45, 7) is 5.42. The van der Waals surface area contributed by atoms with Crippen LogP contribution in [0.2, 0.25) is 0 Å². The molecule has 3 heterocycles. The molecule has 0 saturated carbocycles. The maximum Gasteiger partial charge on any atom is 0.257 e. The minimum absolute atomic E-state index is 0.0465. The standard InChI is InChI=1S/C20H31N5O2/c1-15-17(20(27)24-9-5-4-6-10-24)12-21-19(22-15)16-8-7-11-25(13-16)18(26)14-23(2)3/h12,16H,4-11,13-14H2,1-3H3/t16-/m1/s1. The lowest BCUT2D eigenvalue weighted by atomic mass is 9.96. The average molecular weight is 374 g/mol. The lowest BCUT2D eigenvalue weighted by molar-refractivity contribution is -0.133. The zero-order valence-electron chi connectivity index (χ0n) is 16.8. The molecule has 0 radical (unpaired) electrons. The monoisotopic (exact) mass is 373 g/mol. The average Bonchev–Trinajstić information content (AvgIpc) is 2.67. The van der Waals surface area contributed by atoms with E-state index in [4.69, 9.17) is 0 Å². The molecule has 27 heavy (non-hydrogen) atoms. The first-order valence-electron chi connectivity index (χ1n) is 10.0. The van der Waals surface area contributed by atoms with Crippen molar-refractivity contribution in [2.45, 2.75) is 44.9 Å². The summed E-state index contributed by atoms with van der Waals surface area (Å²) < 4.78 is 0. The van der Waals surface area contributed by atoms with E-state index in [1.165, 1.54) is 6.42 Å². The van der Waals surface area contributed by atoms with E-state index in [1.54, 1.807) is 6.20 Å². The van der Waals surface area contributed by atoms with E-state index >= 15 is 0 Å². The zero-order valence-corrected chi connectivity index (χ0v) is 16.8. The van der Waals surface area contributed by atoms with Crippen molar-refractivity contribution in [1.82, 2.24) is 24.7 Å². The highest BCUT2D eigenvalue weighted by Gasteiger charge is 2.28. The predicted octanol–water partition coefficient (Wildman–Crippen LogP) is 1.68.